The zero-order chi connectivity index (χ0) is 18.9. The van der Waals surface area contributed by atoms with Gasteiger partial charge in [0.05, 0.1) is 6.61 Å². The van der Waals surface area contributed by atoms with Gasteiger partial charge in [-0.25, -0.2) is 9.78 Å². The Hall–Kier alpha value is -2.15. The molecule has 0 saturated carbocycles. The van der Waals surface area contributed by atoms with Gasteiger partial charge in [-0.3, -0.25) is 4.79 Å². The molecule has 2 amide bonds. The number of fused-ring (bicyclic) bond motifs is 2. The van der Waals surface area contributed by atoms with Gasteiger partial charge < -0.3 is 19.9 Å². The molecule has 1 N–H and O–H groups in total. The van der Waals surface area contributed by atoms with E-state index < -0.39 is 0 Å². The number of nitrogens with zero attached hydrogens (tertiary/aromatic N) is 3. The fourth-order valence-electron chi connectivity index (χ4n) is 4.90. The normalized spacial score (nSPS) is 23.0. The van der Waals surface area contributed by atoms with Crippen molar-refractivity contribution in [1.82, 2.24) is 14.8 Å². The minimum Gasteiger partial charge on any atom is -0.450 e. The Kier molecular flexibility index (Phi) is 5.04. The molecule has 1 spiro atoms. The summed E-state index contributed by atoms with van der Waals surface area (Å²) in [6.45, 7) is 5.78. The van der Waals surface area contributed by atoms with Crippen molar-refractivity contribution in [2.75, 3.05) is 38.1 Å². The summed E-state index contributed by atoms with van der Waals surface area (Å²) >= 11 is 0. The van der Waals surface area contributed by atoms with Gasteiger partial charge in [-0.1, -0.05) is 6.07 Å². The SMILES string of the molecule is CCOC(=O)N1CCC(N2CCC3(CC2)CC(=O)Nc2ncccc23)CC1. The van der Waals surface area contributed by atoms with Gasteiger partial charge in [0.15, 0.2) is 0 Å². The van der Waals surface area contributed by atoms with E-state index in [0.717, 1.165) is 57.7 Å². The molecule has 0 aromatic carbocycles. The minimum atomic E-state index is -0.189. The molecule has 3 aliphatic rings. The molecule has 4 heterocycles. The lowest BCUT2D eigenvalue weighted by Gasteiger charge is -2.47. The average molecular weight is 372 g/mol. The molecule has 0 aliphatic carbocycles. The molecule has 0 unspecified atom stereocenters. The van der Waals surface area contributed by atoms with E-state index in [9.17, 15) is 9.59 Å². The number of aromatic nitrogens is 1. The summed E-state index contributed by atoms with van der Waals surface area (Å²) in [6, 6.07) is 4.60. The maximum absolute atomic E-state index is 12.2. The number of likely N-dealkylation sites (tertiary alicyclic amines) is 2. The molecular formula is C20H28N4O3. The van der Waals surface area contributed by atoms with Gasteiger partial charge in [-0.2, -0.15) is 0 Å². The third-order valence-corrected chi connectivity index (χ3v) is 6.40. The molecule has 0 atom stereocenters. The van der Waals surface area contributed by atoms with Gasteiger partial charge >= 0.3 is 6.09 Å². The Morgan fingerprint density at radius 2 is 2.04 bits per heavy atom. The maximum Gasteiger partial charge on any atom is 0.409 e. The van der Waals surface area contributed by atoms with Gasteiger partial charge in [-0.15, -0.1) is 0 Å². The van der Waals surface area contributed by atoms with Crippen molar-refractivity contribution in [2.45, 2.75) is 50.5 Å². The second-order valence-corrected chi connectivity index (χ2v) is 7.86. The van der Waals surface area contributed by atoms with E-state index >= 15 is 0 Å². The van der Waals surface area contributed by atoms with Crippen LogP contribution in [0.15, 0.2) is 18.3 Å². The van der Waals surface area contributed by atoms with Crippen LogP contribution >= 0.6 is 0 Å². The molecule has 2 saturated heterocycles. The first-order valence-electron chi connectivity index (χ1n) is 10.0. The zero-order valence-electron chi connectivity index (χ0n) is 15.9. The average Bonchev–Trinajstić information content (AvgIpc) is 2.69. The molecule has 146 valence electrons. The van der Waals surface area contributed by atoms with Crippen molar-refractivity contribution in [3.8, 4) is 0 Å². The maximum atomic E-state index is 12.2. The molecule has 4 rings (SSSR count). The van der Waals surface area contributed by atoms with Crippen molar-refractivity contribution >= 4 is 17.8 Å². The summed E-state index contributed by atoms with van der Waals surface area (Å²) in [5.41, 5.74) is 1.12. The highest BCUT2D eigenvalue weighted by Gasteiger charge is 2.44. The number of carbonyl (C=O) groups excluding carboxylic acids is 2. The third kappa shape index (κ3) is 3.52. The molecule has 2 fully saturated rings. The fourth-order valence-corrected chi connectivity index (χ4v) is 4.90. The predicted molar refractivity (Wildman–Crippen MR) is 102 cm³/mol. The van der Waals surface area contributed by atoms with E-state index in [0.29, 0.717) is 19.1 Å². The summed E-state index contributed by atoms with van der Waals surface area (Å²) in [6.07, 6.45) is 6.06. The van der Waals surface area contributed by atoms with Crippen molar-refractivity contribution in [3.63, 3.8) is 0 Å². The number of rotatable bonds is 2. The summed E-state index contributed by atoms with van der Waals surface area (Å²) in [7, 11) is 0. The lowest BCUT2D eigenvalue weighted by Crippen LogP contribution is -2.53. The van der Waals surface area contributed by atoms with E-state index in [1.165, 1.54) is 5.56 Å². The van der Waals surface area contributed by atoms with Crippen molar-refractivity contribution in [1.29, 1.82) is 0 Å². The number of piperidine rings is 2. The van der Waals surface area contributed by atoms with E-state index in [2.05, 4.69) is 21.3 Å². The van der Waals surface area contributed by atoms with Gasteiger partial charge in [0, 0.05) is 42.7 Å². The lowest BCUT2D eigenvalue weighted by atomic mass is 9.68. The number of carbonyl (C=O) groups is 2. The number of nitrogens with one attached hydrogen (secondary N) is 1. The standard InChI is InChI=1S/C20H28N4O3/c1-2-27-19(26)24-10-5-15(6-11-24)23-12-7-20(8-13-23)14-17(25)22-18-16(20)4-3-9-21-18/h3-4,9,15H,2,5-8,10-14H2,1H3,(H,21,22,25). The lowest BCUT2D eigenvalue weighted by molar-refractivity contribution is -0.118. The first kappa shape index (κ1) is 18.2. The Morgan fingerprint density at radius 1 is 1.30 bits per heavy atom. The van der Waals surface area contributed by atoms with Gasteiger partial charge in [-0.05, 0) is 51.8 Å². The summed E-state index contributed by atoms with van der Waals surface area (Å²) in [5, 5.41) is 2.92. The van der Waals surface area contributed by atoms with Crippen molar-refractivity contribution in [2.24, 2.45) is 0 Å². The fraction of sp³-hybridized carbons (Fsp3) is 0.650. The van der Waals surface area contributed by atoms with E-state index in [-0.39, 0.29) is 17.4 Å². The summed E-state index contributed by atoms with van der Waals surface area (Å²) < 4.78 is 5.11. The molecule has 7 nitrogen and oxygen atoms in total. The highest BCUT2D eigenvalue weighted by atomic mass is 16.6. The highest BCUT2D eigenvalue weighted by Crippen LogP contribution is 2.44. The van der Waals surface area contributed by atoms with Crippen LogP contribution in [0.25, 0.3) is 0 Å². The van der Waals surface area contributed by atoms with Crippen LogP contribution in [0.3, 0.4) is 0 Å². The summed E-state index contributed by atoms with van der Waals surface area (Å²) in [5.74, 6) is 0.822. The van der Waals surface area contributed by atoms with Crippen LogP contribution in [0, 0.1) is 0 Å². The van der Waals surface area contributed by atoms with Crippen molar-refractivity contribution < 1.29 is 14.3 Å². The Labute approximate surface area is 160 Å². The van der Waals surface area contributed by atoms with E-state index in [1.54, 1.807) is 6.20 Å². The number of pyridine rings is 1. The minimum absolute atomic E-state index is 0.0753. The topological polar surface area (TPSA) is 74.8 Å². The zero-order valence-corrected chi connectivity index (χ0v) is 15.9. The molecule has 27 heavy (non-hydrogen) atoms. The number of hydrogen-bond donors (Lipinski definition) is 1. The van der Waals surface area contributed by atoms with Crippen LogP contribution in [0.2, 0.25) is 0 Å². The quantitative estimate of drug-likeness (QED) is 0.863. The number of amides is 2. The summed E-state index contributed by atoms with van der Waals surface area (Å²) in [4.78, 5) is 32.8. The molecule has 1 aromatic heterocycles. The van der Waals surface area contributed by atoms with Gasteiger partial charge in [0.2, 0.25) is 5.91 Å². The predicted octanol–water partition coefficient (Wildman–Crippen LogP) is 2.38. The Balaban J connectivity index is 1.38. The second kappa shape index (κ2) is 7.46. The third-order valence-electron chi connectivity index (χ3n) is 6.40. The van der Waals surface area contributed by atoms with E-state index in [1.807, 2.05) is 17.9 Å². The molecular weight excluding hydrogens is 344 g/mol. The van der Waals surface area contributed by atoms with Crippen LogP contribution in [0.1, 0.15) is 44.6 Å². The van der Waals surface area contributed by atoms with Gasteiger partial charge in [0.25, 0.3) is 0 Å². The van der Waals surface area contributed by atoms with Crippen molar-refractivity contribution in [3.05, 3.63) is 23.9 Å². The van der Waals surface area contributed by atoms with Crippen LogP contribution in [-0.2, 0) is 14.9 Å². The first-order chi connectivity index (χ1) is 13.1. The Bertz CT molecular complexity index is 707. The largest absolute Gasteiger partial charge is 0.450 e. The van der Waals surface area contributed by atoms with Gasteiger partial charge in [0.1, 0.15) is 5.82 Å². The van der Waals surface area contributed by atoms with Crippen LogP contribution in [0.5, 0.6) is 0 Å². The number of anilines is 1. The van der Waals surface area contributed by atoms with E-state index in [4.69, 9.17) is 4.74 Å². The molecule has 7 heteroatoms. The van der Waals surface area contributed by atoms with Crippen LogP contribution in [0.4, 0.5) is 10.6 Å². The molecule has 0 radical (unpaired) electrons. The molecule has 3 aliphatic heterocycles. The number of ether oxygens (including phenoxy) is 1. The second-order valence-electron chi connectivity index (χ2n) is 7.86. The first-order valence-corrected chi connectivity index (χ1v) is 10.0. The number of hydrogen-bond acceptors (Lipinski definition) is 5. The molecule has 1 aromatic rings. The highest BCUT2D eigenvalue weighted by molar-refractivity contribution is 5.94. The Morgan fingerprint density at radius 3 is 2.74 bits per heavy atom. The molecule has 0 bridgehead atoms. The van der Waals surface area contributed by atoms with Crippen LogP contribution in [-0.4, -0.2) is 65.6 Å². The smallest absolute Gasteiger partial charge is 0.409 e. The monoisotopic (exact) mass is 372 g/mol. The van der Waals surface area contributed by atoms with Crippen LogP contribution < -0.4 is 5.32 Å².